The minimum absolute atomic E-state index is 0.110. The first-order valence-electron chi connectivity index (χ1n) is 9.02. The van der Waals surface area contributed by atoms with Crippen LogP contribution in [0.2, 0.25) is 0 Å². The summed E-state index contributed by atoms with van der Waals surface area (Å²) in [4.78, 5) is 8.17. The lowest BCUT2D eigenvalue weighted by molar-refractivity contribution is -0.898. The lowest BCUT2D eigenvalue weighted by Gasteiger charge is -2.31. The van der Waals surface area contributed by atoms with Gasteiger partial charge in [0.1, 0.15) is 6.07 Å². The van der Waals surface area contributed by atoms with E-state index in [-0.39, 0.29) is 5.41 Å². The first-order valence-corrected chi connectivity index (χ1v) is 9.02. The molecule has 0 saturated carbocycles. The van der Waals surface area contributed by atoms with Gasteiger partial charge in [0, 0.05) is 5.56 Å². The van der Waals surface area contributed by atoms with Crippen LogP contribution in [-0.2, 0) is 5.41 Å². The highest BCUT2D eigenvalue weighted by atomic mass is 16.4. The fourth-order valence-electron chi connectivity index (χ4n) is 3.22. The van der Waals surface area contributed by atoms with E-state index in [0.29, 0.717) is 17.5 Å². The zero-order chi connectivity index (χ0) is 18.0. The molecule has 0 spiro atoms. The number of nitriles is 1. The van der Waals surface area contributed by atoms with Gasteiger partial charge >= 0.3 is 0 Å². The molecule has 25 heavy (non-hydrogen) atoms. The Balaban J connectivity index is 1.85. The van der Waals surface area contributed by atoms with Gasteiger partial charge in [-0.05, 0) is 30.0 Å². The van der Waals surface area contributed by atoms with E-state index in [1.807, 2.05) is 12.1 Å². The molecular formula is C20H27N4O+. The fourth-order valence-corrected chi connectivity index (χ4v) is 3.22. The number of oxazole rings is 1. The van der Waals surface area contributed by atoms with Crippen LogP contribution in [-0.4, -0.2) is 37.7 Å². The second kappa shape index (κ2) is 6.89. The van der Waals surface area contributed by atoms with Gasteiger partial charge in [0.2, 0.25) is 17.5 Å². The molecule has 0 radical (unpaired) electrons. The molecule has 2 heterocycles. The van der Waals surface area contributed by atoms with E-state index in [9.17, 15) is 5.26 Å². The van der Waals surface area contributed by atoms with E-state index < -0.39 is 0 Å². The van der Waals surface area contributed by atoms with Crippen LogP contribution in [0.4, 0.5) is 5.88 Å². The first-order chi connectivity index (χ1) is 11.9. The number of quaternary nitrogens is 1. The van der Waals surface area contributed by atoms with Crippen molar-refractivity contribution in [2.24, 2.45) is 0 Å². The Labute approximate surface area is 149 Å². The topological polar surface area (TPSA) is 57.5 Å². The van der Waals surface area contributed by atoms with Crippen molar-refractivity contribution in [1.29, 1.82) is 5.26 Å². The summed E-state index contributed by atoms with van der Waals surface area (Å²) < 4.78 is 6.01. The van der Waals surface area contributed by atoms with Crippen molar-refractivity contribution in [2.75, 3.05) is 37.6 Å². The van der Waals surface area contributed by atoms with Crippen molar-refractivity contribution in [1.82, 2.24) is 4.98 Å². The highest BCUT2D eigenvalue weighted by molar-refractivity contribution is 5.60. The highest BCUT2D eigenvalue weighted by Crippen LogP contribution is 2.30. The van der Waals surface area contributed by atoms with E-state index in [1.54, 1.807) is 4.90 Å². The molecule has 2 aromatic rings. The number of nitrogens with one attached hydrogen (secondary N) is 1. The zero-order valence-corrected chi connectivity index (χ0v) is 15.6. The third kappa shape index (κ3) is 3.69. The van der Waals surface area contributed by atoms with E-state index in [4.69, 9.17) is 4.42 Å². The van der Waals surface area contributed by atoms with Gasteiger partial charge in [0.05, 0.1) is 32.7 Å². The Kier molecular flexibility index (Phi) is 4.82. The van der Waals surface area contributed by atoms with Gasteiger partial charge in [-0.25, -0.2) is 0 Å². The second-order valence-electron chi connectivity index (χ2n) is 7.70. The van der Waals surface area contributed by atoms with Gasteiger partial charge in [-0.1, -0.05) is 32.9 Å². The van der Waals surface area contributed by atoms with Crippen LogP contribution in [0, 0.1) is 11.3 Å². The van der Waals surface area contributed by atoms with Crippen molar-refractivity contribution < 1.29 is 9.32 Å². The number of likely N-dealkylation sites (N-methyl/N-ethyl adjacent to an activating group) is 1. The van der Waals surface area contributed by atoms with Gasteiger partial charge in [-0.2, -0.15) is 10.2 Å². The molecule has 0 atom stereocenters. The van der Waals surface area contributed by atoms with Crippen LogP contribution in [0.1, 0.15) is 39.0 Å². The summed E-state index contributed by atoms with van der Waals surface area (Å²) in [6.07, 6.45) is 0. The third-order valence-electron chi connectivity index (χ3n) is 4.97. The van der Waals surface area contributed by atoms with Crippen LogP contribution in [0.5, 0.6) is 0 Å². The van der Waals surface area contributed by atoms with E-state index in [1.165, 1.54) is 5.56 Å². The lowest BCUT2D eigenvalue weighted by atomic mass is 9.87. The maximum atomic E-state index is 9.45. The molecule has 132 valence electrons. The molecular weight excluding hydrogens is 312 g/mol. The number of hydrogen-bond donors (Lipinski definition) is 1. The van der Waals surface area contributed by atoms with Crippen molar-refractivity contribution in [3.05, 3.63) is 35.5 Å². The molecule has 1 aromatic carbocycles. The highest BCUT2D eigenvalue weighted by Gasteiger charge is 2.26. The molecule has 0 unspecified atom stereocenters. The molecule has 1 aliphatic rings. The number of nitrogens with zero attached hydrogens (tertiary/aromatic N) is 3. The maximum absolute atomic E-state index is 9.45. The summed E-state index contributed by atoms with van der Waals surface area (Å²) in [5.41, 5.74) is 2.67. The molecule has 0 aliphatic carbocycles. The third-order valence-corrected chi connectivity index (χ3v) is 4.97. The molecule has 1 aromatic heterocycles. The molecule has 0 bridgehead atoms. The molecule has 1 saturated heterocycles. The van der Waals surface area contributed by atoms with Crippen LogP contribution >= 0.6 is 0 Å². The fraction of sp³-hybridized carbons (Fsp3) is 0.500. The van der Waals surface area contributed by atoms with Crippen LogP contribution in [0.3, 0.4) is 0 Å². The number of piperazine rings is 1. The maximum Gasteiger partial charge on any atom is 0.235 e. The molecule has 5 heteroatoms. The standard InChI is InChI=1S/C20H26N4O/c1-5-23-10-12-24(13-11-23)19-17(14-21)22-18(25-19)15-6-8-16(9-7-15)20(2,3)4/h6-9H,5,10-13H2,1-4H3/p+1. The first kappa shape index (κ1) is 17.5. The smallest absolute Gasteiger partial charge is 0.235 e. The monoisotopic (exact) mass is 339 g/mol. The van der Waals surface area contributed by atoms with Crippen molar-refractivity contribution in [3.8, 4) is 17.5 Å². The second-order valence-corrected chi connectivity index (χ2v) is 7.70. The number of hydrogen-bond acceptors (Lipinski definition) is 4. The molecule has 0 amide bonds. The Morgan fingerprint density at radius 3 is 2.36 bits per heavy atom. The summed E-state index contributed by atoms with van der Waals surface area (Å²) in [5, 5.41) is 9.45. The number of aromatic nitrogens is 1. The van der Waals surface area contributed by atoms with E-state index in [2.05, 4.69) is 55.8 Å². The molecule has 5 nitrogen and oxygen atoms in total. The molecule has 1 aliphatic heterocycles. The predicted octanol–water partition coefficient (Wildman–Crippen LogP) is 2.24. The van der Waals surface area contributed by atoms with E-state index in [0.717, 1.165) is 38.3 Å². The van der Waals surface area contributed by atoms with Crippen molar-refractivity contribution in [3.63, 3.8) is 0 Å². The Bertz CT molecular complexity index is 756. The molecule has 3 rings (SSSR count). The largest absolute Gasteiger partial charge is 0.419 e. The Morgan fingerprint density at radius 2 is 1.84 bits per heavy atom. The van der Waals surface area contributed by atoms with Crippen molar-refractivity contribution >= 4 is 5.88 Å². The Hall–Kier alpha value is -2.32. The zero-order valence-electron chi connectivity index (χ0n) is 15.6. The average Bonchev–Trinajstić information content (AvgIpc) is 3.05. The van der Waals surface area contributed by atoms with Gasteiger partial charge in [0.15, 0.2) is 0 Å². The molecule has 1 N–H and O–H groups in total. The summed E-state index contributed by atoms with van der Waals surface area (Å²) in [5.74, 6) is 1.14. The van der Waals surface area contributed by atoms with E-state index >= 15 is 0 Å². The number of rotatable bonds is 3. The van der Waals surface area contributed by atoms with Gasteiger partial charge < -0.3 is 14.2 Å². The summed E-state index contributed by atoms with van der Waals surface area (Å²) in [6, 6.07) is 10.5. The summed E-state index contributed by atoms with van der Waals surface area (Å²) >= 11 is 0. The SMILES string of the molecule is CC[NH+]1CCN(c2oc(-c3ccc(C(C)(C)C)cc3)nc2C#N)CC1. The van der Waals surface area contributed by atoms with Crippen LogP contribution in [0.15, 0.2) is 28.7 Å². The number of anilines is 1. The number of benzene rings is 1. The van der Waals surface area contributed by atoms with Gasteiger partial charge in [-0.3, -0.25) is 0 Å². The summed E-state index contributed by atoms with van der Waals surface area (Å²) in [7, 11) is 0. The minimum Gasteiger partial charge on any atom is -0.419 e. The molecule has 1 fully saturated rings. The average molecular weight is 339 g/mol. The van der Waals surface area contributed by atoms with Gasteiger partial charge in [0.25, 0.3) is 0 Å². The predicted molar refractivity (Wildman–Crippen MR) is 98.8 cm³/mol. The summed E-state index contributed by atoms with van der Waals surface area (Å²) in [6.45, 7) is 13.9. The van der Waals surface area contributed by atoms with Gasteiger partial charge in [-0.15, -0.1) is 0 Å². The quantitative estimate of drug-likeness (QED) is 0.932. The van der Waals surface area contributed by atoms with Crippen molar-refractivity contribution in [2.45, 2.75) is 33.1 Å². The normalized spacial score (nSPS) is 16.0. The van der Waals surface area contributed by atoms with Crippen LogP contribution < -0.4 is 9.80 Å². The lowest BCUT2D eigenvalue weighted by Crippen LogP contribution is -3.14. The van der Waals surface area contributed by atoms with Crippen LogP contribution in [0.25, 0.3) is 11.5 Å². The Morgan fingerprint density at radius 1 is 1.20 bits per heavy atom. The minimum atomic E-state index is 0.110.